The first-order valence-corrected chi connectivity index (χ1v) is 7.28. The minimum atomic E-state index is -1.21. The maximum absolute atomic E-state index is 11.4. The molecule has 0 saturated carbocycles. The minimum absolute atomic E-state index is 0.207. The van der Waals surface area contributed by atoms with Crippen LogP contribution in [0.3, 0.4) is 0 Å². The summed E-state index contributed by atoms with van der Waals surface area (Å²) in [6, 6.07) is 0. The summed E-state index contributed by atoms with van der Waals surface area (Å²) in [5, 5.41) is 5.82. The van der Waals surface area contributed by atoms with E-state index in [0.717, 1.165) is 11.3 Å². The van der Waals surface area contributed by atoms with Crippen LogP contribution in [0.2, 0.25) is 0 Å². The molecule has 22 heavy (non-hydrogen) atoms. The van der Waals surface area contributed by atoms with Crippen molar-refractivity contribution in [3.05, 3.63) is 35.8 Å². The largest absolute Gasteiger partial charge is 0.463 e. The Hall–Kier alpha value is -2.28. The van der Waals surface area contributed by atoms with Crippen molar-refractivity contribution in [1.29, 1.82) is 0 Å². The SMILES string of the molecule is CCOC(=O)/C=C/c1cnn(C2(Cl)C=CNC(N)=N2)c1CC. The van der Waals surface area contributed by atoms with Crippen LogP contribution in [0.5, 0.6) is 0 Å². The first kappa shape index (κ1) is 16.1. The van der Waals surface area contributed by atoms with Crippen LogP contribution < -0.4 is 11.1 Å². The van der Waals surface area contributed by atoms with Gasteiger partial charge in [-0.3, -0.25) is 0 Å². The Balaban J connectivity index is 2.34. The lowest BCUT2D eigenvalue weighted by Gasteiger charge is -2.25. The predicted octanol–water partition coefficient (Wildman–Crippen LogP) is 1.30. The first-order chi connectivity index (χ1) is 10.5. The van der Waals surface area contributed by atoms with E-state index in [1.807, 2.05) is 6.92 Å². The number of aliphatic imine (C=N–C) groups is 1. The standard InChI is InChI=1S/C14H18ClN5O2/c1-3-11-10(5-6-12(21)22-4-2)9-18-20(11)14(15)7-8-17-13(16)19-14/h5-9H,3-4H2,1-2H3,(H3,16,17,19)/b6-5+. The maximum Gasteiger partial charge on any atom is 0.330 e. The van der Waals surface area contributed by atoms with E-state index in [-0.39, 0.29) is 5.96 Å². The fraction of sp³-hybridized carbons (Fsp3) is 0.357. The summed E-state index contributed by atoms with van der Waals surface area (Å²) in [6.45, 7) is 4.05. The monoisotopic (exact) mass is 323 g/mol. The second-order valence-corrected chi connectivity index (χ2v) is 5.06. The van der Waals surface area contributed by atoms with Crippen LogP contribution in [0.4, 0.5) is 0 Å². The van der Waals surface area contributed by atoms with Gasteiger partial charge in [0, 0.05) is 23.5 Å². The lowest BCUT2D eigenvalue weighted by atomic mass is 10.2. The number of aromatic nitrogens is 2. The van der Waals surface area contributed by atoms with Gasteiger partial charge >= 0.3 is 5.97 Å². The van der Waals surface area contributed by atoms with E-state index >= 15 is 0 Å². The summed E-state index contributed by atoms with van der Waals surface area (Å²) < 4.78 is 6.43. The van der Waals surface area contributed by atoms with Crippen molar-refractivity contribution >= 4 is 29.6 Å². The molecule has 0 fully saturated rings. The van der Waals surface area contributed by atoms with E-state index in [0.29, 0.717) is 13.0 Å². The van der Waals surface area contributed by atoms with Crippen LogP contribution in [0.1, 0.15) is 25.1 Å². The Morgan fingerprint density at radius 2 is 2.36 bits per heavy atom. The number of esters is 1. The third kappa shape index (κ3) is 3.30. The molecular formula is C14H18ClN5O2. The average molecular weight is 324 g/mol. The number of carbonyl (C=O) groups excluding carboxylic acids is 1. The van der Waals surface area contributed by atoms with Gasteiger partial charge in [0.15, 0.2) is 5.96 Å². The van der Waals surface area contributed by atoms with Crippen molar-refractivity contribution in [3.63, 3.8) is 0 Å². The molecule has 1 aliphatic rings. The van der Waals surface area contributed by atoms with Gasteiger partial charge in [0.1, 0.15) is 0 Å². The number of guanidine groups is 1. The highest BCUT2D eigenvalue weighted by Gasteiger charge is 2.31. The summed E-state index contributed by atoms with van der Waals surface area (Å²) in [4.78, 5) is 15.6. The first-order valence-electron chi connectivity index (χ1n) is 6.91. The Morgan fingerprint density at radius 1 is 1.59 bits per heavy atom. The van der Waals surface area contributed by atoms with E-state index in [4.69, 9.17) is 22.1 Å². The predicted molar refractivity (Wildman–Crippen MR) is 85.0 cm³/mol. The molecule has 8 heteroatoms. The molecule has 1 aromatic heterocycles. The van der Waals surface area contributed by atoms with Gasteiger partial charge in [0.2, 0.25) is 0 Å². The number of nitrogens with zero attached hydrogens (tertiary/aromatic N) is 3. The maximum atomic E-state index is 11.4. The van der Waals surface area contributed by atoms with E-state index in [1.54, 1.807) is 36.2 Å². The van der Waals surface area contributed by atoms with Crippen LogP contribution >= 0.6 is 11.6 Å². The van der Waals surface area contributed by atoms with Gasteiger partial charge in [0.05, 0.1) is 12.8 Å². The highest BCUT2D eigenvalue weighted by Crippen LogP contribution is 2.30. The molecule has 118 valence electrons. The van der Waals surface area contributed by atoms with Crippen molar-refractivity contribution in [1.82, 2.24) is 15.1 Å². The van der Waals surface area contributed by atoms with Gasteiger partial charge < -0.3 is 15.8 Å². The summed E-state index contributed by atoms with van der Waals surface area (Å²) in [6.07, 6.45) is 8.56. The quantitative estimate of drug-likeness (QED) is 0.368. The summed E-state index contributed by atoms with van der Waals surface area (Å²) in [5.41, 5.74) is 7.27. The van der Waals surface area contributed by atoms with Crippen LogP contribution in [-0.2, 0) is 21.1 Å². The molecule has 3 N–H and O–H groups in total. The molecule has 1 aromatic rings. The molecule has 0 aromatic carbocycles. The van der Waals surface area contributed by atoms with Crippen molar-refractivity contribution in [2.45, 2.75) is 25.4 Å². The van der Waals surface area contributed by atoms with Crippen molar-refractivity contribution in [2.75, 3.05) is 6.61 Å². The zero-order valence-electron chi connectivity index (χ0n) is 12.4. The van der Waals surface area contributed by atoms with Gasteiger partial charge in [-0.05, 0) is 25.5 Å². The molecular weight excluding hydrogens is 306 g/mol. The highest BCUT2D eigenvalue weighted by atomic mass is 35.5. The van der Waals surface area contributed by atoms with Gasteiger partial charge in [-0.25, -0.2) is 14.5 Å². The Morgan fingerprint density at radius 3 is 3.00 bits per heavy atom. The minimum Gasteiger partial charge on any atom is -0.463 e. The molecule has 2 heterocycles. The Kier molecular flexibility index (Phi) is 4.87. The molecule has 1 atom stereocenters. The zero-order chi connectivity index (χ0) is 16.2. The molecule has 0 bridgehead atoms. The number of ether oxygens (including phenoxy) is 1. The lowest BCUT2D eigenvalue weighted by molar-refractivity contribution is -0.137. The number of hydrogen-bond acceptors (Lipinski definition) is 6. The second-order valence-electron chi connectivity index (χ2n) is 4.51. The van der Waals surface area contributed by atoms with E-state index in [9.17, 15) is 4.79 Å². The molecule has 0 saturated heterocycles. The third-order valence-electron chi connectivity index (χ3n) is 3.02. The normalized spacial score (nSPS) is 20.8. The molecule has 0 radical (unpaired) electrons. The molecule has 0 aliphatic carbocycles. The van der Waals surface area contributed by atoms with Crippen LogP contribution in [0.15, 0.2) is 29.5 Å². The Labute approximate surface area is 133 Å². The second kappa shape index (κ2) is 6.65. The van der Waals surface area contributed by atoms with Gasteiger partial charge in [-0.2, -0.15) is 5.10 Å². The highest BCUT2D eigenvalue weighted by molar-refractivity contribution is 6.24. The number of alkyl halides is 1. The molecule has 0 spiro atoms. The van der Waals surface area contributed by atoms with Gasteiger partial charge in [0.25, 0.3) is 5.12 Å². The number of nitrogens with one attached hydrogen (secondary N) is 1. The van der Waals surface area contributed by atoms with Crippen LogP contribution in [0, 0.1) is 0 Å². The Bertz CT molecular complexity index is 650. The summed E-state index contributed by atoms with van der Waals surface area (Å²) >= 11 is 6.50. The van der Waals surface area contributed by atoms with E-state index in [2.05, 4.69) is 15.4 Å². The smallest absolute Gasteiger partial charge is 0.330 e. The fourth-order valence-corrected chi connectivity index (χ4v) is 2.39. The zero-order valence-corrected chi connectivity index (χ0v) is 13.2. The number of rotatable bonds is 5. The van der Waals surface area contributed by atoms with Gasteiger partial charge in [-0.15, -0.1) is 0 Å². The molecule has 2 rings (SSSR count). The molecule has 7 nitrogen and oxygen atoms in total. The average Bonchev–Trinajstić information content (AvgIpc) is 2.89. The van der Waals surface area contributed by atoms with Gasteiger partial charge in [-0.1, -0.05) is 18.5 Å². The number of hydrogen-bond donors (Lipinski definition) is 2. The molecule has 1 aliphatic heterocycles. The number of nitrogens with two attached hydrogens (primary N) is 1. The van der Waals surface area contributed by atoms with Crippen LogP contribution in [-0.4, -0.2) is 28.3 Å². The van der Waals surface area contributed by atoms with E-state index in [1.165, 1.54) is 6.08 Å². The summed E-state index contributed by atoms with van der Waals surface area (Å²) in [5.74, 6) is -0.194. The van der Waals surface area contributed by atoms with E-state index < -0.39 is 11.1 Å². The third-order valence-corrected chi connectivity index (χ3v) is 3.39. The number of halogens is 1. The van der Waals surface area contributed by atoms with Crippen LogP contribution in [0.25, 0.3) is 6.08 Å². The topological polar surface area (TPSA) is 94.5 Å². The fourth-order valence-electron chi connectivity index (χ4n) is 2.09. The summed E-state index contributed by atoms with van der Waals surface area (Å²) in [7, 11) is 0. The number of carbonyl (C=O) groups is 1. The van der Waals surface area contributed by atoms with Crippen molar-refractivity contribution in [2.24, 2.45) is 10.7 Å². The molecule has 0 amide bonds. The van der Waals surface area contributed by atoms with Crippen molar-refractivity contribution < 1.29 is 9.53 Å². The lowest BCUT2D eigenvalue weighted by Crippen LogP contribution is -2.38. The van der Waals surface area contributed by atoms with Crippen molar-refractivity contribution in [3.8, 4) is 0 Å². The molecule has 1 unspecified atom stereocenters.